The molecule has 0 spiro atoms. The molecule has 0 heterocycles. The van der Waals surface area contributed by atoms with Gasteiger partial charge in [-0.3, -0.25) is 4.79 Å². The van der Waals surface area contributed by atoms with Crippen molar-refractivity contribution in [3.05, 3.63) is 50.9 Å². The lowest BCUT2D eigenvalue weighted by atomic mass is 10.2. The molecule has 4 nitrogen and oxygen atoms in total. The van der Waals surface area contributed by atoms with Gasteiger partial charge in [0.05, 0.1) is 11.1 Å². The largest absolute Gasteiger partial charge is 0.492 e. The van der Waals surface area contributed by atoms with Crippen LogP contribution in [0.2, 0.25) is 0 Å². The van der Waals surface area contributed by atoms with Crippen LogP contribution < -0.4 is 15.4 Å². The van der Waals surface area contributed by atoms with Gasteiger partial charge in [0.2, 0.25) is 5.91 Å². The molecular formula is C17H18Br2N2O2. The minimum atomic E-state index is -0.0777. The number of hydrogen-bond donors (Lipinski definition) is 2. The molecule has 2 rings (SSSR count). The maximum absolute atomic E-state index is 11.0. The molecule has 0 aliphatic heterocycles. The Labute approximate surface area is 152 Å². The Kier molecular flexibility index (Phi) is 6.47. The van der Waals surface area contributed by atoms with Crippen LogP contribution in [-0.2, 0) is 11.3 Å². The maximum Gasteiger partial charge on any atom is 0.221 e. The number of carbonyl (C=O) groups excluding carboxylic acids is 1. The molecule has 0 saturated heterocycles. The van der Waals surface area contributed by atoms with Crippen LogP contribution in [0.25, 0.3) is 0 Å². The zero-order valence-electron chi connectivity index (χ0n) is 13.0. The molecule has 0 aliphatic carbocycles. The number of hydrogen-bond acceptors (Lipinski definition) is 3. The fraction of sp³-hybridized carbons (Fsp3) is 0.235. The second-order valence-electron chi connectivity index (χ2n) is 4.92. The Bertz CT molecular complexity index is 688. The zero-order valence-corrected chi connectivity index (χ0v) is 16.1. The molecule has 0 radical (unpaired) electrons. The third-order valence-corrected chi connectivity index (χ3v) is 4.11. The molecular weight excluding hydrogens is 424 g/mol. The van der Waals surface area contributed by atoms with Crippen LogP contribution in [0.1, 0.15) is 19.4 Å². The third kappa shape index (κ3) is 5.25. The Hall–Kier alpha value is -1.53. The molecule has 122 valence electrons. The molecule has 0 fully saturated rings. The molecule has 1 amide bonds. The van der Waals surface area contributed by atoms with Crippen LogP contribution in [0, 0.1) is 0 Å². The van der Waals surface area contributed by atoms with Gasteiger partial charge in [-0.2, -0.15) is 0 Å². The number of carbonyl (C=O) groups is 1. The highest BCUT2D eigenvalue weighted by molar-refractivity contribution is 9.11. The molecule has 6 heteroatoms. The standard InChI is InChI=1S/C17H18Br2N2O2/c1-3-23-17-12(8-13(18)9-16(17)19)10-20-14-4-6-15(7-5-14)21-11(2)22/h4-9,20H,3,10H2,1-2H3,(H,21,22). The van der Waals surface area contributed by atoms with E-state index in [4.69, 9.17) is 4.74 Å². The van der Waals surface area contributed by atoms with Gasteiger partial charge in [0.15, 0.2) is 0 Å². The minimum absolute atomic E-state index is 0.0777. The topological polar surface area (TPSA) is 50.4 Å². The van der Waals surface area contributed by atoms with Crippen molar-refractivity contribution in [2.24, 2.45) is 0 Å². The smallest absolute Gasteiger partial charge is 0.221 e. The van der Waals surface area contributed by atoms with Crippen LogP contribution in [0.5, 0.6) is 5.75 Å². The molecule has 0 bridgehead atoms. The van der Waals surface area contributed by atoms with Gasteiger partial charge < -0.3 is 15.4 Å². The van der Waals surface area contributed by atoms with E-state index in [1.54, 1.807) is 0 Å². The fourth-order valence-electron chi connectivity index (χ4n) is 2.12. The SMILES string of the molecule is CCOc1c(Br)cc(Br)cc1CNc1ccc(NC(C)=O)cc1. The van der Waals surface area contributed by atoms with Gasteiger partial charge in [-0.25, -0.2) is 0 Å². The highest BCUT2D eigenvalue weighted by Gasteiger charge is 2.10. The van der Waals surface area contributed by atoms with E-state index in [2.05, 4.69) is 42.5 Å². The number of amides is 1. The van der Waals surface area contributed by atoms with E-state index in [0.29, 0.717) is 13.2 Å². The first kappa shape index (κ1) is 17.8. The van der Waals surface area contributed by atoms with Gasteiger partial charge in [-0.05, 0) is 59.3 Å². The fourth-order valence-corrected chi connectivity index (χ4v) is 3.55. The first-order valence-corrected chi connectivity index (χ1v) is 8.80. The van der Waals surface area contributed by atoms with Crippen LogP contribution in [0.3, 0.4) is 0 Å². The summed E-state index contributed by atoms with van der Waals surface area (Å²) in [5.41, 5.74) is 2.81. The van der Waals surface area contributed by atoms with Crippen LogP contribution in [-0.4, -0.2) is 12.5 Å². The Balaban J connectivity index is 2.09. The summed E-state index contributed by atoms with van der Waals surface area (Å²) in [4.78, 5) is 11.0. The van der Waals surface area contributed by atoms with E-state index >= 15 is 0 Å². The summed E-state index contributed by atoms with van der Waals surface area (Å²) in [6.45, 7) is 4.70. The average Bonchev–Trinajstić information content (AvgIpc) is 2.49. The van der Waals surface area contributed by atoms with Crippen molar-refractivity contribution < 1.29 is 9.53 Å². The molecule has 0 saturated carbocycles. The van der Waals surface area contributed by atoms with Crippen molar-refractivity contribution >= 4 is 49.1 Å². The van der Waals surface area contributed by atoms with E-state index < -0.39 is 0 Å². The number of anilines is 2. The van der Waals surface area contributed by atoms with Gasteiger partial charge in [0, 0.05) is 34.9 Å². The Morgan fingerprint density at radius 1 is 1.13 bits per heavy atom. The lowest BCUT2D eigenvalue weighted by Gasteiger charge is -2.14. The second-order valence-corrected chi connectivity index (χ2v) is 6.69. The van der Waals surface area contributed by atoms with Crippen molar-refractivity contribution in [2.45, 2.75) is 20.4 Å². The number of rotatable bonds is 6. The predicted octanol–water partition coefficient (Wildman–Crippen LogP) is 5.18. The number of nitrogens with one attached hydrogen (secondary N) is 2. The van der Waals surface area contributed by atoms with Crippen molar-refractivity contribution in [1.29, 1.82) is 0 Å². The maximum atomic E-state index is 11.0. The van der Waals surface area contributed by atoms with Gasteiger partial charge in [-0.15, -0.1) is 0 Å². The molecule has 0 aliphatic rings. The summed E-state index contributed by atoms with van der Waals surface area (Å²) >= 11 is 7.04. The van der Waals surface area contributed by atoms with Crippen molar-refractivity contribution in [3.63, 3.8) is 0 Å². The summed E-state index contributed by atoms with van der Waals surface area (Å²) in [7, 11) is 0. The number of benzene rings is 2. The lowest BCUT2D eigenvalue weighted by molar-refractivity contribution is -0.114. The van der Waals surface area contributed by atoms with E-state index in [1.165, 1.54) is 6.92 Å². The Morgan fingerprint density at radius 3 is 2.39 bits per heavy atom. The molecule has 0 unspecified atom stereocenters. The highest BCUT2D eigenvalue weighted by Crippen LogP contribution is 2.33. The average molecular weight is 442 g/mol. The summed E-state index contributed by atoms with van der Waals surface area (Å²) < 4.78 is 7.63. The van der Waals surface area contributed by atoms with Crippen LogP contribution in [0.4, 0.5) is 11.4 Å². The highest BCUT2D eigenvalue weighted by atomic mass is 79.9. The summed E-state index contributed by atoms with van der Waals surface area (Å²) in [5, 5.41) is 6.11. The summed E-state index contributed by atoms with van der Waals surface area (Å²) in [6.07, 6.45) is 0. The Morgan fingerprint density at radius 2 is 1.78 bits per heavy atom. The van der Waals surface area contributed by atoms with E-state index in [0.717, 1.165) is 31.6 Å². The first-order valence-electron chi connectivity index (χ1n) is 7.22. The van der Waals surface area contributed by atoms with E-state index in [-0.39, 0.29) is 5.91 Å². The number of ether oxygens (including phenoxy) is 1. The molecule has 0 aromatic heterocycles. The monoisotopic (exact) mass is 440 g/mol. The second kappa shape index (κ2) is 8.36. The van der Waals surface area contributed by atoms with Gasteiger partial charge in [0.25, 0.3) is 0 Å². The predicted molar refractivity (Wildman–Crippen MR) is 101 cm³/mol. The van der Waals surface area contributed by atoms with Gasteiger partial charge in [0.1, 0.15) is 5.75 Å². The van der Waals surface area contributed by atoms with E-state index in [1.807, 2.05) is 43.3 Å². The van der Waals surface area contributed by atoms with Gasteiger partial charge >= 0.3 is 0 Å². The third-order valence-electron chi connectivity index (χ3n) is 3.06. The lowest BCUT2D eigenvalue weighted by Crippen LogP contribution is -2.06. The molecule has 2 aromatic carbocycles. The molecule has 23 heavy (non-hydrogen) atoms. The normalized spacial score (nSPS) is 10.3. The van der Waals surface area contributed by atoms with Crippen LogP contribution >= 0.6 is 31.9 Å². The van der Waals surface area contributed by atoms with Crippen LogP contribution in [0.15, 0.2) is 45.3 Å². The molecule has 2 aromatic rings. The quantitative estimate of drug-likeness (QED) is 0.649. The van der Waals surface area contributed by atoms with E-state index in [9.17, 15) is 4.79 Å². The van der Waals surface area contributed by atoms with Crippen molar-refractivity contribution in [2.75, 3.05) is 17.2 Å². The number of halogens is 2. The molecule has 2 N–H and O–H groups in total. The van der Waals surface area contributed by atoms with Crippen molar-refractivity contribution in [1.82, 2.24) is 0 Å². The van der Waals surface area contributed by atoms with Gasteiger partial charge in [-0.1, -0.05) is 15.9 Å². The first-order chi connectivity index (χ1) is 11.0. The zero-order chi connectivity index (χ0) is 16.8. The summed E-state index contributed by atoms with van der Waals surface area (Å²) in [6, 6.07) is 11.6. The minimum Gasteiger partial charge on any atom is -0.492 e. The molecule has 0 atom stereocenters. The summed E-state index contributed by atoms with van der Waals surface area (Å²) in [5.74, 6) is 0.768. The van der Waals surface area contributed by atoms with Crippen molar-refractivity contribution in [3.8, 4) is 5.75 Å².